The minimum absolute atomic E-state index is 0.102. The number of carbonyl (C=O) groups is 2. The molecule has 1 aliphatic rings. The highest BCUT2D eigenvalue weighted by Crippen LogP contribution is 2.23. The van der Waals surface area contributed by atoms with Gasteiger partial charge in [-0.15, -0.1) is 0 Å². The molecule has 1 N–H and O–H groups in total. The summed E-state index contributed by atoms with van der Waals surface area (Å²) in [5, 5.41) is 3.23. The molecule has 1 fully saturated rings. The van der Waals surface area contributed by atoms with Gasteiger partial charge in [0.05, 0.1) is 0 Å². The summed E-state index contributed by atoms with van der Waals surface area (Å²) in [6.07, 6.45) is 4.67. The maximum atomic E-state index is 13.7. The second-order valence-corrected chi connectivity index (χ2v) is 10.3. The number of carbonyl (C=O) groups excluding carboxylic acids is 2. The Morgan fingerprint density at radius 3 is 2.25 bits per heavy atom. The van der Waals surface area contributed by atoms with Crippen LogP contribution in [0.2, 0.25) is 0 Å². The van der Waals surface area contributed by atoms with Gasteiger partial charge in [-0.05, 0) is 54.7 Å². The fraction of sp³-hybridized carbons (Fsp3) is 0.333. The Labute approximate surface area is 222 Å². The maximum Gasteiger partial charge on any atom is 0.261 e. The van der Waals surface area contributed by atoms with Crippen LogP contribution in [0.1, 0.15) is 42.4 Å². The van der Waals surface area contributed by atoms with Gasteiger partial charge in [-0.3, -0.25) is 9.59 Å². The first-order valence-corrected chi connectivity index (χ1v) is 13.4. The summed E-state index contributed by atoms with van der Waals surface area (Å²) in [6.45, 7) is 2.16. The molecule has 6 heteroatoms. The lowest BCUT2D eigenvalue weighted by atomic mass is 10.0. The molecule has 3 aromatic carbocycles. The summed E-state index contributed by atoms with van der Waals surface area (Å²) < 4.78 is 6.88. The molecule has 36 heavy (non-hydrogen) atoms. The van der Waals surface area contributed by atoms with Gasteiger partial charge in [0.25, 0.3) is 5.91 Å². The number of ether oxygens (including phenoxy) is 1. The number of hydrogen-bond donors (Lipinski definition) is 1. The summed E-state index contributed by atoms with van der Waals surface area (Å²) in [5.74, 6) is 0.301. The largest absolute Gasteiger partial charge is 0.484 e. The van der Waals surface area contributed by atoms with Crippen LogP contribution in [0.5, 0.6) is 5.75 Å². The van der Waals surface area contributed by atoms with Crippen molar-refractivity contribution < 1.29 is 14.3 Å². The number of hydrogen-bond acceptors (Lipinski definition) is 3. The van der Waals surface area contributed by atoms with Crippen LogP contribution in [-0.2, 0) is 22.6 Å². The van der Waals surface area contributed by atoms with Crippen LogP contribution < -0.4 is 10.1 Å². The predicted molar refractivity (Wildman–Crippen MR) is 146 cm³/mol. The molecule has 1 saturated carbocycles. The predicted octanol–water partition coefficient (Wildman–Crippen LogP) is 5.84. The van der Waals surface area contributed by atoms with E-state index in [2.05, 4.69) is 21.2 Å². The van der Waals surface area contributed by atoms with Gasteiger partial charge in [-0.25, -0.2) is 0 Å². The van der Waals surface area contributed by atoms with Crippen molar-refractivity contribution in [2.24, 2.45) is 0 Å². The van der Waals surface area contributed by atoms with E-state index < -0.39 is 6.04 Å². The van der Waals surface area contributed by atoms with E-state index in [9.17, 15) is 9.59 Å². The third-order valence-electron chi connectivity index (χ3n) is 6.66. The van der Waals surface area contributed by atoms with Crippen molar-refractivity contribution in [3.05, 3.63) is 100 Å². The summed E-state index contributed by atoms with van der Waals surface area (Å²) in [6, 6.07) is 24.9. The Hall–Kier alpha value is -3.12. The van der Waals surface area contributed by atoms with Crippen LogP contribution in [0.15, 0.2) is 83.3 Å². The lowest BCUT2D eigenvalue weighted by Crippen LogP contribution is -2.53. The maximum absolute atomic E-state index is 13.7. The number of nitrogens with one attached hydrogen (secondary N) is 1. The molecule has 0 spiro atoms. The first-order valence-electron chi connectivity index (χ1n) is 12.6. The zero-order valence-electron chi connectivity index (χ0n) is 20.7. The molecular formula is C30H33BrN2O3. The van der Waals surface area contributed by atoms with Gasteiger partial charge < -0.3 is 15.0 Å². The van der Waals surface area contributed by atoms with Crippen LogP contribution >= 0.6 is 15.9 Å². The van der Waals surface area contributed by atoms with Gasteiger partial charge in [0.15, 0.2) is 6.61 Å². The Bertz CT molecular complexity index is 1150. The van der Waals surface area contributed by atoms with Crippen molar-refractivity contribution in [1.82, 2.24) is 10.2 Å². The van der Waals surface area contributed by atoms with E-state index in [0.717, 1.165) is 46.8 Å². The molecule has 5 nitrogen and oxygen atoms in total. The zero-order chi connectivity index (χ0) is 25.3. The molecule has 4 rings (SSSR count). The molecule has 0 bridgehead atoms. The molecule has 0 aromatic heterocycles. The van der Waals surface area contributed by atoms with Crippen molar-refractivity contribution in [2.45, 2.75) is 57.7 Å². The number of halogens is 1. The van der Waals surface area contributed by atoms with Crippen molar-refractivity contribution >= 4 is 27.7 Å². The number of aryl methyl sites for hydroxylation is 1. The number of nitrogens with zero attached hydrogens (tertiary/aromatic N) is 1. The zero-order valence-corrected chi connectivity index (χ0v) is 22.2. The highest BCUT2D eigenvalue weighted by molar-refractivity contribution is 9.10. The summed E-state index contributed by atoms with van der Waals surface area (Å²) in [4.78, 5) is 29.0. The normalized spacial score (nSPS) is 14.3. The molecule has 0 heterocycles. The summed E-state index contributed by atoms with van der Waals surface area (Å²) in [5.41, 5.74) is 3.01. The molecule has 0 aliphatic heterocycles. The average Bonchev–Trinajstić information content (AvgIpc) is 3.41. The molecule has 3 aromatic rings. The van der Waals surface area contributed by atoms with Crippen molar-refractivity contribution in [2.75, 3.05) is 6.61 Å². The molecule has 1 aliphatic carbocycles. The highest BCUT2D eigenvalue weighted by atomic mass is 79.9. The smallest absolute Gasteiger partial charge is 0.261 e. The minimum Gasteiger partial charge on any atom is -0.484 e. The van der Waals surface area contributed by atoms with Crippen molar-refractivity contribution in [3.63, 3.8) is 0 Å². The average molecular weight is 550 g/mol. The Morgan fingerprint density at radius 1 is 0.972 bits per heavy atom. The van der Waals surface area contributed by atoms with Gasteiger partial charge in [0.1, 0.15) is 11.8 Å². The summed E-state index contributed by atoms with van der Waals surface area (Å²) in [7, 11) is 0. The van der Waals surface area contributed by atoms with Gasteiger partial charge in [0.2, 0.25) is 5.91 Å². The standard InChI is InChI=1S/C30H33BrN2O3/c1-22-18-26(16-17-27(22)31)36-21-29(34)33(20-24-12-6-3-7-13-24)28(19-23-10-4-2-5-11-23)30(35)32-25-14-8-9-15-25/h2-7,10-13,16-18,25,28H,8-9,14-15,19-21H2,1H3,(H,32,35)/t28-/m0/s1. The topological polar surface area (TPSA) is 58.6 Å². The molecule has 188 valence electrons. The van der Waals surface area contributed by atoms with Gasteiger partial charge in [-0.1, -0.05) is 89.4 Å². The van der Waals surface area contributed by atoms with E-state index >= 15 is 0 Å². The van der Waals surface area contributed by atoms with E-state index in [1.165, 1.54) is 0 Å². The van der Waals surface area contributed by atoms with Crippen LogP contribution in [0.3, 0.4) is 0 Å². The van der Waals surface area contributed by atoms with Crippen LogP contribution in [0.4, 0.5) is 0 Å². The molecular weight excluding hydrogens is 516 g/mol. The number of amides is 2. The second kappa shape index (κ2) is 12.7. The van der Waals surface area contributed by atoms with E-state index in [-0.39, 0.29) is 24.5 Å². The lowest BCUT2D eigenvalue weighted by Gasteiger charge is -2.32. The third-order valence-corrected chi connectivity index (χ3v) is 7.55. The van der Waals surface area contributed by atoms with Gasteiger partial charge in [0, 0.05) is 23.5 Å². The molecule has 0 saturated heterocycles. The summed E-state index contributed by atoms with van der Waals surface area (Å²) >= 11 is 3.50. The highest BCUT2D eigenvalue weighted by Gasteiger charge is 2.32. The first-order chi connectivity index (χ1) is 17.5. The SMILES string of the molecule is Cc1cc(OCC(=O)N(Cc2ccccc2)[C@@H](Cc2ccccc2)C(=O)NC2CCCC2)ccc1Br. The fourth-order valence-corrected chi connectivity index (χ4v) is 4.88. The van der Waals surface area contributed by atoms with E-state index in [1.54, 1.807) is 4.90 Å². The van der Waals surface area contributed by atoms with E-state index in [0.29, 0.717) is 18.7 Å². The fourth-order valence-electron chi connectivity index (χ4n) is 4.64. The second-order valence-electron chi connectivity index (χ2n) is 9.40. The number of rotatable bonds is 10. The molecule has 0 unspecified atom stereocenters. The van der Waals surface area contributed by atoms with Gasteiger partial charge in [-0.2, -0.15) is 0 Å². The van der Waals surface area contributed by atoms with Crippen LogP contribution in [0, 0.1) is 6.92 Å². The van der Waals surface area contributed by atoms with Crippen molar-refractivity contribution in [3.8, 4) is 5.75 Å². The van der Waals surface area contributed by atoms with Crippen LogP contribution in [-0.4, -0.2) is 35.4 Å². The minimum atomic E-state index is -0.643. The molecule has 2 amide bonds. The first kappa shape index (κ1) is 26.0. The van der Waals surface area contributed by atoms with E-state index in [1.807, 2.05) is 85.8 Å². The van der Waals surface area contributed by atoms with Crippen LogP contribution in [0.25, 0.3) is 0 Å². The third kappa shape index (κ3) is 7.20. The lowest BCUT2D eigenvalue weighted by molar-refractivity contribution is -0.143. The Balaban J connectivity index is 1.59. The Morgan fingerprint density at radius 2 is 1.61 bits per heavy atom. The molecule has 1 atom stereocenters. The molecule has 0 radical (unpaired) electrons. The van der Waals surface area contributed by atoms with Crippen molar-refractivity contribution in [1.29, 1.82) is 0 Å². The Kier molecular flexibility index (Phi) is 9.17. The van der Waals surface area contributed by atoms with Gasteiger partial charge >= 0.3 is 0 Å². The quantitative estimate of drug-likeness (QED) is 0.346. The monoisotopic (exact) mass is 548 g/mol. The van der Waals surface area contributed by atoms with E-state index in [4.69, 9.17) is 4.74 Å². The number of benzene rings is 3.